The van der Waals surface area contributed by atoms with Crippen LogP contribution < -0.4 is 5.73 Å². The molecule has 0 bridgehead atoms. The van der Waals surface area contributed by atoms with Gasteiger partial charge in [-0.05, 0) is 25.0 Å². The van der Waals surface area contributed by atoms with Gasteiger partial charge in [0, 0.05) is 5.39 Å². The van der Waals surface area contributed by atoms with Crippen LogP contribution in [-0.2, 0) is 6.42 Å². The van der Waals surface area contributed by atoms with Crippen LogP contribution in [0.4, 0.5) is 0 Å². The Bertz CT molecular complexity index is 443. The molecule has 2 nitrogen and oxygen atoms in total. The van der Waals surface area contributed by atoms with Gasteiger partial charge in [0.25, 0.3) is 0 Å². The maximum absolute atomic E-state index is 5.78. The first-order chi connectivity index (χ1) is 6.72. The fourth-order valence-corrected chi connectivity index (χ4v) is 1.65. The van der Waals surface area contributed by atoms with Crippen LogP contribution in [0.15, 0.2) is 28.7 Å². The SMILES string of the molecule is CCc1cccc2cc(C(C)N)oc12. The molecule has 1 atom stereocenters. The molecule has 0 fully saturated rings. The molecule has 2 heteroatoms. The van der Waals surface area contributed by atoms with Crippen LogP contribution in [0.5, 0.6) is 0 Å². The summed E-state index contributed by atoms with van der Waals surface area (Å²) in [5.74, 6) is 0.862. The first kappa shape index (κ1) is 9.28. The van der Waals surface area contributed by atoms with Gasteiger partial charge in [0.05, 0.1) is 6.04 Å². The van der Waals surface area contributed by atoms with E-state index in [4.69, 9.17) is 10.2 Å². The van der Waals surface area contributed by atoms with E-state index in [0.717, 1.165) is 23.2 Å². The number of hydrogen-bond acceptors (Lipinski definition) is 2. The molecular weight excluding hydrogens is 174 g/mol. The van der Waals surface area contributed by atoms with Crippen LogP contribution in [0.2, 0.25) is 0 Å². The van der Waals surface area contributed by atoms with E-state index in [1.165, 1.54) is 5.56 Å². The highest BCUT2D eigenvalue weighted by Crippen LogP contribution is 2.25. The predicted octanol–water partition coefficient (Wildman–Crippen LogP) is 3.01. The van der Waals surface area contributed by atoms with Crippen molar-refractivity contribution in [3.63, 3.8) is 0 Å². The minimum absolute atomic E-state index is 0.0351. The highest BCUT2D eigenvalue weighted by Gasteiger charge is 2.09. The molecule has 2 N–H and O–H groups in total. The van der Waals surface area contributed by atoms with Crippen LogP contribution in [0.1, 0.15) is 31.2 Å². The Hall–Kier alpha value is -1.28. The highest BCUT2D eigenvalue weighted by atomic mass is 16.3. The summed E-state index contributed by atoms with van der Waals surface area (Å²) in [6.45, 7) is 4.06. The molecule has 0 radical (unpaired) electrons. The number of hydrogen-bond donors (Lipinski definition) is 1. The number of furan rings is 1. The van der Waals surface area contributed by atoms with Crippen LogP contribution in [-0.4, -0.2) is 0 Å². The summed E-state index contributed by atoms with van der Waals surface area (Å²) < 4.78 is 5.73. The van der Waals surface area contributed by atoms with E-state index in [1.807, 2.05) is 13.0 Å². The number of nitrogens with two attached hydrogens (primary N) is 1. The van der Waals surface area contributed by atoms with E-state index in [9.17, 15) is 0 Å². The van der Waals surface area contributed by atoms with Crippen molar-refractivity contribution in [1.29, 1.82) is 0 Å². The molecule has 0 aliphatic rings. The average Bonchev–Trinajstić information content (AvgIpc) is 2.60. The van der Waals surface area contributed by atoms with Crippen molar-refractivity contribution in [2.24, 2.45) is 5.73 Å². The Balaban J connectivity index is 2.64. The second-order valence-electron chi connectivity index (χ2n) is 3.63. The highest BCUT2D eigenvalue weighted by molar-refractivity contribution is 5.81. The van der Waals surface area contributed by atoms with E-state index in [-0.39, 0.29) is 6.04 Å². The van der Waals surface area contributed by atoms with E-state index in [1.54, 1.807) is 0 Å². The fourth-order valence-electron chi connectivity index (χ4n) is 1.65. The molecule has 2 aromatic rings. The standard InChI is InChI=1S/C12H15NO/c1-3-9-5-4-6-10-7-11(8(2)13)14-12(9)10/h4-8H,3,13H2,1-2H3. The van der Waals surface area contributed by atoms with Gasteiger partial charge in [0.15, 0.2) is 0 Å². The number of fused-ring (bicyclic) bond motifs is 1. The van der Waals surface area contributed by atoms with Gasteiger partial charge >= 0.3 is 0 Å². The molecular formula is C12H15NO. The summed E-state index contributed by atoms with van der Waals surface area (Å²) in [5.41, 5.74) is 8.01. The molecule has 0 spiro atoms. The molecule has 2 rings (SSSR count). The summed E-state index contributed by atoms with van der Waals surface area (Å²) >= 11 is 0. The van der Waals surface area contributed by atoms with E-state index in [2.05, 4.69) is 25.1 Å². The largest absolute Gasteiger partial charge is 0.459 e. The zero-order valence-electron chi connectivity index (χ0n) is 8.58. The van der Waals surface area contributed by atoms with Crippen molar-refractivity contribution < 1.29 is 4.42 Å². The quantitative estimate of drug-likeness (QED) is 0.788. The van der Waals surface area contributed by atoms with Crippen LogP contribution in [0.25, 0.3) is 11.0 Å². The van der Waals surface area contributed by atoms with E-state index in [0.29, 0.717) is 0 Å². The van der Waals surface area contributed by atoms with Gasteiger partial charge in [0.1, 0.15) is 11.3 Å². The Morgan fingerprint density at radius 1 is 1.43 bits per heavy atom. The topological polar surface area (TPSA) is 39.2 Å². The fraction of sp³-hybridized carbons (Fsp3) is 0.333. The number of rotatable bonds is 2. The van der Waals surface area contributed by atoms with Gasteiger partial charge < -0.3 is 10.2 Å². The molecule has 0 aliphatic carbocycles. The lowest BCUT2D eigenvalue weighted by Crippen LogP contribution is -2.02. The van der Waals surface area contributed by atoms with Crippen LogP contribution >= 0.6 is 0 Å². The maximum atomic E-state index is 5.78. The number of para-hydroxylation sites is 1. The summed E-state index contributed by atoms with van der Waals surface area (Å²) in [6.07, 6.45) is 0.989. The Morgan fingerprint density at radius 3 is 2.86 bits per heavy atom. The van der Waals surface area contributed by atoms with Gasteiger partial charge in [0.2, 0.25) is 0 Å². The van der Waals surface area contributed by atoms with Gasteiger partial charge in [-0.3, -0.25) is 0 Å². The molecule has 1 aromatic carbocycles. The molecule has 0 amide bonds. The summed E-state index contributed by atoms with van der Waals surface area (Å²) in [6, 6.07) is 8.20. The summed E-state index contributed by atoms with van der Waals surface area (Å²) in [7, 11) is 0. The van der Waals surface area contributed by atoms with Crippen molar-refractivity contribution >= 4 is 11.0 Å². The molecule has 0 aliphatic heterocycles. The molecule has 1 unspecified atom stereocenters. The van der Waals surface area contributed by atoms with Crippen molar-refractivity contribution in [2.45, 2.75) is 26.3 Å². The molecule has 0 saturated heterocycles. The van der Waals surface area contributed by atoms with E-state index >= 15 is 0 Å². The zero-order chi connectivity index (χ0) is 10.1. The Kier molecular flexibility index (Phi) is 2.30. The molecule has 0 saturated carbocycles. The van der Waals surface area contributed by atoms with Gasteiger partial charge in [-0.1, -0.05) is 25.1 Å². The lowest BCUT2D eigenvalue weighted by molar-refractivity contribution is 0.511. The third-order valence-corrected chi connectivity index (χ3v) is 2.47. The average molecular weight is 189 g/mol. The minimum Gasteiger partial charge on any atom is -0.459 e. The van der Waals surface area contributed by atoms with Gasteiger partial charge in [-0.15, -0.1) is 0 Å². The van der Waals surface area contributed by atoms with Crippen LogP contribution in [0.3, 0.4) is 0 Å². The van der Waals surface area contributed by atoms with Crippen LogP contribution in [0, 0.1) is 0 Å². The van der Waals surface area contributed by atoms with Crippen molar-refractivity contribution in [2.75, 3.05) is 0 Å². The van der Waals surface area contributed by atoms with Gasteiger partial charge in [-0.25, -0.2) is 0 Å². The summed E-state index contributed by atoms with van der Waals surface area (Å²) in [5, 5.41) is 1.15. The Morgan fingerprint density at radius 2 is 2.21 bits per heavy atom. The maximum Gasteiger partial charge on any atom is 0.137 e. The first-order valence-electron chi connectivity index (χ1n) is 4.99. The predicted molar refractivity (Wildman–Crippen MR) is 58.2 cm³/mol. The monoisotopic (exact) mass is 189 g/mol. The lowest BCUT2D eigenvalue weighted by Gasteiger charge is -1.98. The first-order valence-corrected chi connectivity index (χ1v) is 4.99. The summed E-state index contributed by atoms with van der Waals surface area (Å²) in [4.78, 5) is 0. The van der Waals surface area contributed by atoms with E-state index < -0.39 is 0 Å². The van der Waals surface area contributed by atoms with Gasteiger partial charge in [-0.2, -0.15) is 0 Å². The molecule has 1 aromatic heterocycles. The second-order valence-corrected chi connectivity index (χ2v) is 3.63. The molecule has 74 valence electrons. The third-order valence-electron chi connectivity index (χ3n) is 2.47. The second kappa shape index (κ2) is 3.46. The molecule has 1 heterocycles. The lowest BCUT2D eigenvalue weighted by atomic mass is 10.1. The zero-order valence-corrected chi connectivity index (χ0v) is 8.58. The number of benzene rings is 1. The third kappa shape index (κ3) is 1.42. The van der Waals surface area contributed by atoms with Crippen molar-refractivity contribution in [1.82, 2.24) is 0 Å². The van der Waals surface area contributed by atoms with Crippen molar-refractivity contribution in [3.8, 4) is 0 Å². The normalized spacial score (nSPS) is 13.4. The number of aryl methyl sites for hydroxylation is 1. The molecule has 14 heavy (non-hydrogen) atoms. The minimum atomic E-state index is -0.0351. The van der Waals surface area contributed by atoms with Crippen molar-refractivity contribution in [3.05, 3.63) is 35.6 Å². The Labute approximate surface area is 83.7 Å². The smallest absolute Gasteiger partial charge is 0.137 e.